The third-order valence-electron chi connectivity index (χ3n) is 3.82. The van der Waals surface area contributed by atoms with Gasteiger partial charge in [0.15, 0.2) is 0 Å². The molecule has 1 aromatic carbocycles. The van der Waals surface area contributed by atoms with Gasteiger partial charge in [-0.15, -0.1) is 0 Å². The van der Waals surface area contributed by atoms with Crippen LogP contribution in [0.2, 0.25) is 0 Å². The first-order chi connectivity index (χ1) is 9.75. The van der Waals surface area contributed by atoms with E-state index in [0.717, 1.165) is 31.7 Å². The number of rotatable bonds is 6. The Balaban J connectivity index is 1.64. The van der Waals surface area contributed by atoms with Gasteiger partial charge in [0.1, 0.15) is 5.75 Å². The molecule has 1 unspecified atom stereocenters. The van der Waals surface area contributed by atoms with Gasteiger partial charge in [0.2, 0.25) is 5.91 Å². The lowest BCUT2D eigenvalue weighted by molar-refractivity contribution is -0.122. The molecule has 0 bridgehead atoms. The van der Waals surface area contributed by atoms with E-state index in [9.17, 15) is 4.79 Å². The first kappa shape index (κ1) is 14.9. The zero-order chi connectivity index (χ0) is 14.2. The Hall–Kier alpha value is -1.55. The van der Waals surface area contributed by atoms with Crippen molar-refractivity contribution in [2.45, 2.75) is 32.2 Å². The van der Waals surface area contributed by atoms with Gasteiger partial charge in [-0.2, -0.15) is 0 Å². The van der Waals surface area contributed by atoms with Crippen LogP contribution in [-0.4, -0.2) is 31.6 Å². The van der Waals surface area contributed by atoms with Gasteiger partial charge in [-0.3, -0.25) is 4.79 Å². The van der Waals surface area contributed by atoms with Crippen LogP contribution >= 0.6 is 0 Å². The van der Waals surface area contributed by atoms with Crippen molar-refractivity contribution < 1.29 is 9.53 Å². The molecule has 1 aliphatic heterocycles. The second-order valence-corrected chi connectivity index (χ2v) is 5.36. The summed E-state index contributed by atoms with van der Waals surface area (Å²) in [7, 11) is 0. The molecule has 0 aromatic heterocycles. The first-order valence-corrected chi connectivity index (χ1v) is 7.43. The van der Waals surface area contributed by atoms with Gasteiger partial charge in [0.25, 0.3) is 0 Å². The van der Waals surface area contributed by atoms with Crippen LogP contribution in [0.15, 0.2) is 30.3 Å². The maximum Gasteiger partial charge on any atom is 0.223 e. The molecule has 110 valence electrons. The molecule has 1 saturated heterocycles. The van der Waals surface area contributed by atoms with Crippen LogP contribution in [0.25, 0.3) is 0 Å². The molecule has 2 N–H and O–H groups in total. The van der Waals surface area contributed by atoms with E-state index in [1.54, 1.807) is 0 Å². The highest BCUT2D eigenvalue weighted by Crippen LogP contribution is 2.16. The van der Waals surface area contributed by atoms with E-state index >= 15 is 0 Å². The average molecular weight is 276 g/mol. The van der Waals surface area contributed by atoms with Gasteiger partial charge in [-0.25, -0.2) is 0 Å². The predicted molar refractivity (Wildman–Crippen MR) is 79.8 cm³/mol. The number of piperidine rings is 1. The van der Waals surface area contributed by atoms with Crippen molar-refractivity contribution in [2.75, 3.05) is 19.7 Å². The molecule has 1 fully saturated rings. The molecule has 0 aliphatic carbocycles. The van der Waals surface area contributed by atoms with Crippen molar-refractivity contribution >= 4 is 5.91 Å². The standard InChI is InChI=1S/C16H24N2O2/c1-13(14-7-10-17-11-8-14)18-16(19)9-12-20-15-5-3-2-4-6-15/h2-6,13-14,17H,7-12H2,1H3,(H,18,19). The zero-order valence-electron chi connectivity index (χ0n) is 12.1. The van der Waals surface area contributed by atoms with Crippen molar-refractivity contribution in [2.24, 2.45) is 5.92 Å². The smallest absolute Gasteiger partial charge is 0.223 e. The lowest BCUT2D eigenvalue weighted by atomic mass is 9.91. The molecule has 4 nitrogen and oxygen atoms in total. The minimum absolute atomic E-state index is 0.0759. The minimum Gasteiger partial charge on any atom is -0.493 e. The molecular weight excluding hydrogens is 252 g/mol. The van der Waals surface area contributed by atoms with Gasteiger partial charge in [0.05, 0.1) is 13.0 Å². The van der Waals surface area contributed by atoms with E-state index < -0.39 is 0 Å². The van der Waals surface area contributed by atoms with Crippen LogP contribution in [0.5, 0.6) is 5.75 Å². The maximum absolute atomic E-state index is 11.9. The largest absolute Gasteiger partial charge is 0.493 e. The fourth-order valence-corrected chi connectivity index (χ4v) is 2.57. The van der Waals surface area contributed by atoms with Crippen LogP contribution in [0.3, 0.4) is 0 Å². The molecule has 2 rings (SSSR count). The molecule has 4 heteroatoms. The highest BCUT2D eigenvalue weighted by molar-refractivity contribution is 5.76. The van der Waals surface area contributed by atoms with E-state index in [4.69, 9.17) is 4.74 Å². The average Bonchev–Trinajstić information content (AvgIpc) is 2.49. The Morgan fingerprint density at radius 3 is 2.75 bits per heavy atom. The fraction of sp³-hybridized carbons (Fsp3) is 0.562. The number of nitrogens with one attached hydrogen (secondary N) is 2. The Morgan fingerprint density at radius 1 is 1.35 bits per heavy atom. The van der Waals surface area contributed by atoms with Gasteiger partial charge in [-0.1, -0.05) is 18.2 Å². The van der Waals surface area contributed by atoms with E-state index in [2.05, 4.69) is 17.6 Å². The minimum atomic E-state index is 0.0759. The third-order valence-corrected chi connectivity index (χ3v) is 3.82. The molecule has 1 aliphatic rings. The number of hydrogen-bond donors (Lipinski definition) is 2. The number of carbonyl (C=O) groups is 1. The lowest BCUT2D eigenvalue weighted by Gasteiger charge is -2.28. The topological polar surface area (TPSA) is 50.4 Å². The summed E-state index contributed by atoms with van der Waals surface area (Å²) < 4.78 is 5.53. The summed E-state index contributed by atoms with van der Waals surface area (Å²) in [5.41, 5.74) is 0. The predicted octanol–water partition coefficient (Wildman–Crippen LogP) is 1.96. The Kier molecular flexibility index (Phi) is 5.87. The van der Waals surface area contributed by atoms with Crippen molar-refractivity contribution in [1.29, 1.82) is 0 Å². The highest BCUT2D eigenvalue weighted by Gasteiger charge is 2.20. The lowest BCUT2D eigenvalue weighted by Crippen LogP contribution is -2.42. The van der Waals surface area contributed by atoms with Gasteiger partial charge < -0.3 is 15.4 Å². The summed E-state index contributed by atoms with van der Waals surface area (Å²) in [5.74, 6) is 1.48. The summed E-state index contributed by atoms with van der Waals surface area (Å²) in [6, 6.07) is 9.84. The fourth-order valence-electron chi connectivity index (χ4n) is 2.57. The number of benzene rings is 1. The summed E-state index contributed by atoms with van der Waals surface area (Å²) >= 11 is 0. The number of para-hydroxylation sites is 1. The summed E-state index contributed by atoms with van der Waals surface area (Å²) in [5, 5.41) is 6.43. The van der Waals surface area contributed by atoms with Crippen molar-refractivity contribution in [1.82, 2.24) is 10.6 Å². The highest BCUT2D eigenvalue weighted by atomic mass is 16.5. The molecule has 0 saturated carbocycles. The third kappa shape index (κ3) is 4.85. The van der Waals surface area contributed by atoms with Gasteiger partial charge in [-0.05, 0) is 50.9 Å². The summed E-state index contributed by atoms with van der Waals surface area (Å²) in [4.78, 5) is 11.9. The molecule has 1 heterocycles. The summed E-state index contributed by atoms with van der Waals surface area (Å²) in [6.07, 6.45) is 2.69. The number of ether oxygens (including phenoxy) is 1. The normalized spacial score (nSPS) is 17.4. The van der Waals surface area contributed by atoms with Crippen LogP contribution in [0.4, 0.5) is 0 Å². The van der Waals surface area contributed by atoms with E-state index in [1.807, 2.05) is 30.3 Å². The SMILES string of the molecule is CC(NC(=O)CCOc1ccccc1)C1CCNCC1. The van der Waals surface area contributed by atoms with Crippen molar-refractivity contribution in [3.05, 3.63) is 30.3 Å². The quantitative estimate of drug-likeness (QED) is 0.835. The van der Waals surface area contributed by atoms with Crippen LogP contribution < -0.4 is 15.4 Å². The van der Waals surface area contributed by atoms with Gasteiger partial charge in [0, 0.05) is 6.04 Å². The maximum atomic E-state index is 11.9. The second-order valence-electron chi connectivity index (χ2n) is 5.36. The molecule has 1 atom stereocenters. The second kappa shape index (κ2) is 7.90. The monoisotopic (exact) mass is 276 g/mol. The number of amides is 1. The molecule has 1 amide bonds. The Labute approximate surface area is 120 Å². The Bertz CT molecular complexity index is 402. The molecule has 0 radical (unpaired) electrons. The van der Waals surface area contributed by atoms with Crippen LogP contribution in [-0.2, 0) is 4.79 Å². The number of carbonyl (C=O) groups excluding carboxylic acids is 1. The van der Waals surface area contributed by atoms with E-state index in [0.29, 0.717) is 18.9 Å². The van der Waals surface area contributed by atoms with E-state index in [1.165, 1.54) is 0 Å². The van der Waals surface area contributed by atoms with E-state index in [-0.39, 0.29) is 11.9 Å². The summed E-state index contributed by atoms with van der Waals surface area (Å²) in [6.45, 7) is 4.64. The molecular formula is C16H24N2O2. The van der Waals surface area contributed by atoms with Gasteiger partial charge >= 0.3 is 0 Å². The van der Waals surface area contributed by atoms with Crippen molar-refractivity contribution in [3.8, 4) is 5.75 Å². The van der Waals surface area contributed by atoms with Crippen LogP contribution in [0, 0.1) is 5.92 Å². The first-order valence-electron chi connectivity index (χ1n) is 7.43. The van der Waals surface area contributed by atoms with Crippen molar-refractivity contribution in [3.63, 3.8) is 0 Å². The molecule has 0 spiro atoms. The van der Waals surface area contributed by atoms with Crippen LogP contribution in [0.1, 0.15) is 26.2 Å². The number of hydrogen-bond acceptors (Lipinski definition) is 3. The Morgan fingerprint density at radius 2 is 2.05 bits per heavy atom. The zero-order valence-corrected chi connectivity index (χ0v) is 12.1. The molecule has 20 heavy (non-hydrogen) atoms. The molecule has 1 aromatic rings.